The van der Waals surface area contributed by atoms with Gasteiger partial charge in [-0.25, -0.2) is 18.7 Å². The fourth-order valence-corrected chi connectivity index (χ4v) is 3.42. The molecule has 3 aromatic rings. The molecule has 29 heavy (non-hydrogen) atoms. The van der Waals surface area contributed by atoms with Gasteiger partial charge in [0.2, 0.25) is 5.91 Å². The summed E-state index contributed by atoms with van der Waals surface area (Å²) < 4.78 is 29.6. The molecular formula is C19H15ClF2N6O. The van der Waals surface area contributed by atoms with Crippen LogP contribution in [0.1, 0.15) is 12.0 Å². The molecule has 7 nitrogen and oxygen atoms in total. The number of aryl methyl sites for hydroxylation is 1. The van der Waals surface area contributed by atoms with Gasteiger partial charge in [0, 0.05) is 20.2 Å². The smallest absolute Gasteiger partial charge is 0.231 e. The van der Waals surface area contributed by atoms with E-state index in [4.69, 9.17) is 16.9 Å². The zero-order chi connectivity index (χ0) is 20.9. The van der Waals surface area contributed by atoms with Crippen molar-refractivity contribution in [3.63, 3.8) is 0 Å². The van der Waals surface area contributed by atoms with Crippen LogP contribution in [0.3, 0.4) is 0 Å². The van der Waals surface area contributed by atoms with Gasteiger partial charge in [-0.15, -0.1) is 0 Å². The van der Waals surface area contributed by atoms with E-state index in [0.717, 1.165) is 6.07 Å². The monoisotopic (exact) mass is 416 g/mol. The van der Waals surface area contributed by atoms with Gasteiger partial charge in [-0.1, -0.05) is 11.6 Å². The predicted molar refractivity (Wildman–Crippen MR) is 104 cm³/mol. The van der Waals surface area contributed by atoms with Crippen LogP contribution in [0.25, 0.3) is 11.0 Å². The molecule has 0 saturated heterocycles. The minimum Gasteiger partial charge on any atom is -0.334 e. The van der Waals surface area contributed by atoms with Gasteiger partial charge in [-0.05, 0) is 18.6 Å². The second-order valence-electron chi connectivity index (χ2n) is 6.86. The molecule has 1 aliphatic rings. The number of nitriles is 1. The van der Waals surface area contributed by atoms with E-state index in [2.05, 4.69) is 15.3 Å². The Bertz CT molecular complexity index is 1160. The summed E-state index contributed by atoms with van der Waals surface area (Å²) in [5.74, 6) is -1.41. The summed E-state index contributed by atoms with van der Waals surface area (Å²) in [4.78, 5) is 22.3. The highest BCUT2D eigenvalue weighted by atomic mass is 35.5. The Morgan fingerprint density at radius 3 is 2.79 bits per heavy atom. The fourth-order valence-electron chi connectivity index (χ4n) is 3.08. The lowest BCUT2D eigenvalue weighted by atomic mass is 10.2. The number of benzene rings is 1. The number of rotatable bonds is 4. The first kappa shape index (κ1) is 19.1. The van der Waals surface area contributed by atoms with E-state index in [1.54, 1.807) is 31.1 Å². The first-order chi connectivity index (χ1) is 13.8. The van der Waals surface area contributed by atoms with Crippen LogP contribution in [0.2, 0.25) is 5.02 Å². The quantitative estimate of drug-likeness (QED) is 0.700. The molecule has 0 radical (unpaired) electrons. The Balaban J connectivity index is 1.79. The molecule has 2 aromatic heterocycles. The molecule has 1 N–H and O–H groups in total. The second-order valence-corrected chi connectivity index (χ2v) is 7.27. The van der Waals surface area contributed by atoms with E-state index in [1.807, 2.05) is 6.07 Å². The Hall–Kier alpha value is -3.25. The molecule has 1 aromatic carbocycles. The molecule has 0 unspecified atom stereocenters. The molecule has 4 rings (SSSR count). The van der Waals surface area contributed by atoms with Gasteiger partial charge in [0.15, 0.2) is 5.82 Å². The highest BCUT2D eigenvalue weighted by Crippen LogP contribution is 2.37. The highest BCUT2D eigenvalue weighted by Gasteiger charge is 2.44. The largest absolute Gasteiger partial charge is 0.334 e. The van der Waals surface area contributed by atoms with E-state index in [0.29, 0.717) is 11.0 Å². The predicted octanol–water partition coefficient (Wildman–Crippen LogP) is 3.70. The van der Waals surface area contributed by atoms with Gasteiger partial charge in [-0.2, -0.15) is 5.26 Å². The van der Waals surface area contributed by atoms with Crippen molar-refractivity contribution in [2.24, 2.45) is 13.0 Å². The SMILES string of the molecule is CN(c1cc2c(ncn2C)c(NC(=O)[C@H]2C[C@H]2F)n1)c1c(F)cc(C#N)cc1Cl. The molecule has 0 spiro atoms. The molecule has 0 aliphatic heterocycles. The standard InChI is InChI=1S/C19H15ClF2N6O/c1-27-8-24-16-14(27)6-15(25-18(16)26-19(29)10-5-12(10)21)28(2)17-11(20)3-9(7-23)4-13(17)22/h3-4,6,8,10,12H,5H2,1-2H3,(H,25,26,29)/t10-,12+/m0/s1. The minimum absolute atomic E-state index is 0.0305. The molecule has 2 atom stereocenters. The van der Waals surface area contributed by atoms with Crippen LogP contribution < -0.4 is 10.2 Å². The molecule has 2 heterocycles. The number of pyridine rings is 1. The minimum atomic E-state index is -1.15. The number of amides is 1. The van der Waals surface area contributed by atoms with Gasteiger partial charge < -0.3 is 14.8 Å². The lowest BCUT2D eigenvalue weighted by Gasteiger charge is -2.21. The van der Waals surface area contributed by atoms with Crippen molar-refractivity contribution in [2.45, 2.75) is 12.6 Å². The van der Waals surface area contributed by atoms with Crippen LogP contribution in [0, 0.1) is 23.1 Å². The van der Waals surface area contributed by atoms with Crippen LogP contribution >= 0.6 is 11.6 Å². The van der Waals surface area contributed by atoms with Crippen molar-refractivity contribution < 1.29 is 13.6 Å². The number of carbonyl (C=O) groups excluding carboxylic acids is 1. The summed E-state index contributed by atoms with van der Waals surface area (Å²) in [5, 5.41) is 11.6. The number of carbonyl (C=O) groups is 1. The van der Waals surface area contributed by atoms with E-state index in [-0.39, 0.29) is 34.3 Å². The van der Waals surface area contributed by atoms with Crippen molar-refractivity contribution in [1.82, 2.24) is 14.5 Å². The van der Waals surface area contributed by atoms with E-state index < -0.39 is 23.8 Å². The average molecular weight is 417 g/mol. The van der Waals surface area contributed by atoms with Crippen LogP contribution in [0.5, 0.6) is 0 Å². The maximum Gasteiger partial charge on any atom is 0.231 e. The number of anilines is 3. The van der Waals surface area contributed by atoms with Crippen LogP contribution in [-0.2, 0) is 11.8 Å². The lowest BCUT2D eigenvalue weighted by Crippen LogP contribution is -2.19. The molecule has 1 saturated carbocycles. The normalized spacial score (nSPS) is 17.8. The molecule has 1 aliphatic carbocycles. The second kappa shape index (κ2) is 6.97. The van der Waals surface area contributed by atoms with Gasteiger partial charge in [-0.3, -0.25) is 4.79 Å². The topological polar surface area (TPSA) is 86.8 Å². The zero-order valence-corrected chi connectivity index (χ0v) is 16.2. The Morgan fingerprint density at radius 1 is 1.45 bits per heavy atom. The molecule has 1 fully saturated rings. The summed E-state index contributed by atoms with van der Waals surface area (Å²) >= 11 is 6.19. The van der Waals surface area contributed by atoms with Crippen molar-refractivity contribution in [2.75, 3.05) is 17.3 Å². The van der Waals surface area contributed by atoms with Gasteiger partial charge in [0.25, 0.3) is 0 Å². The number of hydrogen-bond acceptors (Lipinski definition) is 5. The fraction of sp³-hybridized carbons (Fsp3) is 0.263. The summed E-state index contributed by atoms with van der Waals surface area (Å²) in [5.41, 5.74) is 1.19. The average Bonchev–Trinajstić information content (AvgIpc) is 3.30. The summed E-state index contributed by atoms with van der Waals surface area (Å²) in [6.07, 6.45) is 0.588. The van der Waals surface area contributed by atoms with Crippen molar-refractivity contribution >= 4 is 45.9 Å². The molecule has 1 amide bonds. The Kier molecular flexibility index (Phi) is 4.59. The van der Waals surface area contributed by atoms with E-state index >= 15 is 0 Å². The number of imidazole rings is 1. The molecule has 148 valence electrons. The third-order valence-electron chi connectivity index (χ3n) is 4.82. The van der Waals surface area contributed by atoms with Gasteiger partial charge in [0.05, 0.1) is 40.1 Å². The number of nitrogens with zero attached hydrogens (tertiary/aromatic N) is 5. The summed E-state index contributed by atoms with van der Waals surface area (Å²) in [7, 11) is 3.32. The molecular weight excluding hydrogens is 402 g/mol. The number of fused-ring (bicyclic) bond motifs is 1. The zero-order valence-electron chi connectivity index (χ0n) is 15.4. The first-order valence-corrected chi connectivity index (χ1v) is 9.07. The van der Waals surface area contributed by atoms with E-state index in [1.165, 1.54) is 11.0 Å². The van der Waals surface area contributed by atoms with Crippen LogP contribution in [0.15, 0.2) is 24.5 Å². The van der Waals surface area contributed by atoms with Crippen molar-refractivity contribution in [1.29, 1.82) is 5.26 Å². The third kappa shape index (κ3) is 3.36. The molecule has 10 heteroatoms. The number of halogens is 3. The Labute approximate surface area is 169 Å². The first-order valence-electron chi connectivity index (χ1n) is 8.70. The molecule has 0 bridgehead atoms. The maximum atomic E-state index is 14.6. The van der Waals surface area contributed by atoms with E-state index in [9.17, 15) is 13.6 Å². The number of alkyl halides is 1. The third-order valence-corrected chi connectivity index (χ3v) is 5.10. The van der Waals surface area contributed by atoms with Crippen molar-refractivity contribution in [3.05, 3.63) is 40.9 Å². The van der Waals surface area contributed by atoms with Crippen LogP contribution in [0.4, 0.5) is 26.1 Å². The summed E-state index contributed by atoms with van der Waals surface area (Å²) in [6, 6.07) is 5.95. The van der Waals surface area contributed by atoms with Gasteiger partial charge in [0.1, 0.15) is 23.3 Å². The maximum absolute atomic E-state index is 14.6. The number of aromatic nitrogens is 3. The van der Waals surface area contributed by atoms with Crippen LogP contribution in [-0.4, -0.2) is 33.7 Å². The van der Waals surface area contributed by atoms with Crippen molar-refractivity contribution in [3.8, 4) is 6.07 Å². The van der Waals surface area contributed by atoms with Gasteiger partial charge >= 0.3 is 0 Å². The number of hydrogen-bond donors (Lipinski definition) is 1. The highest BCUT2D eigenvalue weighted by molar-refractivity contribution is 6.33. The summed E-state index contributed by atoms with van der Waals surface area (Å²) in [6.45, 7) is 0. The lowest BCUT2D eigenvalue weighted by molar-refractivity contribution is -0.117. The number of nitrogens with one attached hydrogen (secondary N) is 1. The Morgan fingerprint density at radius 2 is 2.17 bits per heavy atom.